The van der Waals surface area contributed by atoms with Crippen molar-refractivity contribution in [3.8, 4) is 5.75 Å². The number of pyridine rings is 2. The van der Waals surface area contributed by atoms with E-state index in [1.807, 2.05) is 24.4 Å². The van der Waals surface area contributed by atoms with Crippen LogP contribution in [0.1, 0.15) is 12.0 Å². The van der Waals surface area contributed by atoms with Crippen LogP contribution in [0.5, 0.6) is 5.75 Å². The van der Waals surface area contributed by atoms with Gasteiger partial charge in [-0.15, -0.1) is 0 Å². The van der Waals surface area contributed by atoms with Crippen LogP contribution in [-0.2, 0) is 11.3 Å². The number of nitrogens with one attached hydrogen (secondary N) is 1. The summed E-state index contributed by atoms with van der Waals surface area (Å²) < 4.78 is 5.90. The minimum atomic E-state index is -0.343. The van der Waals surface area contributed by atoms with Gasteiger partial charge in [0.15, 0.2) is 0 Å². The lowest BCUT2D eigenvalue weighted by Crippen LogP contribution is -2.40. The highest BCUT2D eigenvalue weighted by atomic mass is 16.5. The number of carbonyl (C=O) groups excluding carboxylic acids is 1. The molecule has 2 aliphatic rings. The van der Waals surface area contributed by atoms with E-state index in [9.17, 15) is 4.79 Å². The number of carbonyl (C=O) groups is 1. The zero-order valence-electron chi connectivity index (χ0n) is 14.1. The summed E-state index contributed by atoms with van der Waals surface area (Å²) in [6, 6.07) is 7.78. The summed E-state index contributed by atoms with van der Waals surface area (Å²) in [6.45, 7) is 3.74. The highest BCUT2D eigenvalue weighted by Crippen LogP contribution is 2.42. The molecule has 2 aromatic heterocycles. The number of aromatic nitrogens is 2. The predicted molar refractivity (Wildman–Crippen MR) is 92.8 cm³/mol. The number of ether oxygens (including phenoxy) is 1. The third-order valence-electron chi connectivity index (χ3n) is 5.34. The minimum absolute atomic E-state index is 0.168. The van der Waals surface area contributed by atoms with Gasteiger partial charge >= 0.3 is 0 Å². The number of nitrogens with zero attached hydrogens (tertiary/aromatic N) is 3. The maximum atomic E-state index is 12.6. The van der Waals surface area contributed by atoms with Crippen LogP contribution in [0.4, 0.5) is 0 Å². The molecule has 0 aliphatic carbocycles. The Kier molecular flexibility index (Phi) is 4.36. The van der Waals surface area contributed by atoms with E-state index >= 15 is 0 Å². The van der Waals surface area contributed by atoms with Gasteiger partial charge in [0.1, 0.15) is 5.75 Å². The zero-order chi connectivity index (χ0) is 17.1. The summed E-state index contributed by atoms with van der Waals surface area (Å²) in [6.07, 6.45) is 7.98. The van der Waals surface area contributed by atoms with Crippen LogP contribution in [0, 0.1) is 11.3 Å². The Balaban J connectivity index is 1.42. The fraction of sp³-hybridized carbons (Fsp3) is 0.421. The molecular weight excluding hydrogens is 316 g/mol. The Morgan fingerprint density at radius 1 is 1.24 bits per heavy atom. The van der Waals surface area contributed by atoms with Crippen LogP contribution < -0.4 is 10.1 Å². The molecule has 0 radical (unpaired) electrons. The Morgan fingerprint density at radius 2 is 2.08 bits per heavy atom. The van der Waals surface area contributed by atoms with Crippen LogP contribution in [0.15, 0.2) is 49.1 Å². The molecule has 6 heteroatoms. The Bertz CT molecular complexity index is 725. The fourth-order valence-electron chi connectivity index (χ4n) is 3.94. The van der Waals surface area contributed by atoms with E-state index in [0.29, 0.717) is 13.2 Å². The van der Waals surface area contributed by atoms with E-state index in [1.165, 1.54) is 5.56 Å². The second-order valence-corrected chi connectivity index (χ2v) is 6.88. The van der Waals surface area contributed by atoms with Crippen LogP contribution in [0.3, 0.4) is 0 Å². The number of rotatable bonds is 5. The second-order valence-electron chi connectivity index (χ2n) is 6.88. The van der Waals surface area contributed by atoms with Crippen molar-refractivity contribution in [1.29, 1.82) is 0 Å². The van der Waals surface area contributed by atoms with Gasteiger partial charge < -0.3 is 10.1 Å². The van der Waals surface area contributed by atoms with Gasteiger partial charge in [0.2, 0.25) is 5.91 Å². The first-order valence-corrected chi connectivity index (χ1v) is 8.69. The van der Waals surface area contributed by atoms with E-state index in [4.69, 9.17) is 4.74 Å². The largest absolute Gasteiger partial charge is 0.492 e. The maximum absolute atomic E-state index is 12.6. The predicted octanol–water partition coefficient (Wildman–Crippen LogP) is 1.49. The van der Waals surface area contributed by atoms with E-state index in [1.54, 1.807) is 18.6 Å². The molecule has 2 atom stereocenters. The smallest absolute Gasteiger partial charge is 0.228 e. The Labute approximate surface area is 147 Å². The molecule has 4 heterocycles. The Morgan fingerprint density at radius 3 is 2.84 bits per heavy atom. The fourth-order valence-corrected chi connectivity index (χ4v) is 3.94. The van der Waals surface area contributed by atoms with Crippen LogP contribution >= 0.6 is 0 Å². The van der Waals surface area contributed by atoms with Crippen molar-refractivity contribution < 1.29 is 9.53 Å². The molecule has 2 aliphatic heterocycles. The van der Waals surface area contributed by atoms with E-state index in [0.717, 1.165) is 31.8 Å². The van der Waals surface area contributed by atoms with E-state index in [-0.39, 0.29) is 17.2 Å². The first kappa shape index (κ1) is 16.0. The molecule has 1 amide bonds. The Hall–Kier alpha value is -2.47. The van der Waals surface area contributed by atoms with Crippen LogP contribution in [0.25, 0.3) is 0 Å². The van der Waals surface area contributed by atoms with E-state index in [2.05, 4.69) is 26.3 Å². The number of likely N-dealkylation sites (tertiary alicyclic amines) is 1. The summed E-state index contributed by atoms with van der Waals surface area (Å²) in [4.78, 5) is 23.2. The molecule has 1 spiro atoms. The maximum Gasteiger partial charge on any atom is 0.228 e. The third kappa shape index (κ3) is 3.22. The highest BCUT2D eigenvalue weighted by molar-refractivity contribution is 5.86. The lowest BCUT2D eigenvalue weighted by atomic mass is 9.77. The number of hydrogen-bond donors (Lipinski definition) is 1. The lowest BCUT2D eigenvalue weighted by molar-refractivity contribution is -0.128. The average molecular weight is 338 g/mol. The lowest BCUT2D eigenvalue weighted by Gasteiger charge is -2.28. The van der Waals surface area contributed by atoms with Crippen molar-refractivity contribution in [3.63, 3.8) is 0 Å². The summed E-state index contributed by atoms with van der Waals surface area (Å²) in [5.41, 5.74) is 0.839. The van der Waals surface area contributed by atoms with Crippen molar-refractivity contribution in [1.82, 2.24) is 20.2 Å². The normalized spacial score (nSPS) is 26.1. The first-order chi connectivity index (χ1) is 12.3. The average Bonchev–Trinajstić information content (AvgIpc) is 3.20. The van der Waals surface area contributed by atoms with E-state index < -0.39 is 0 Å². The molecule has 2 aromatic rings. The number of amides is 1. The molecule has 2 fully saturated rings. The quantitative estimate of drug-likeness (QED) is 0.895. The molecule has 2 saturated heterocycles. The number of hydrogen-bond acceptors (Lipinski definition) is 5. The zero-order valence-corrected chi connectivity index (χ0v) is 14.1. The van der Waals surface area contributed by atoms with Gasteiger partial charge in [-0.1, -0.05) is 6.07 Å². The van der Waals surface area contributed by atoms with Crippen molar-refractivity contribution in [2.75, 3.05) is 26.2 Å². The van der Waals surface area contributed by atoms with Crippen molar-refractivity contribution in [2.24, 2.45) is 11.3 Å². The topological polar surface area (TPSA) is 67.3 Å². The molecule has 0 aromatic carbocycles. The van der Waals surface area contributed by atoms with Gasteiger partial charge in [0.25, 0.3) is 0 Å². The molecule has 0 unspecified atom stereocenters. The van der Waals surface area contributed by atoms with Gasteiger partial charge in [0, 0.05) is 44.1 Å². The van der Waals surface area contributed by atoms with Gasteiger partial charge in [-0.25, -0.2) is 0 Å². The molecule has 1 N–H and O–H groups in total. The SMILES string of the molecule is O=C1NC[C@@H](COc2cccnc2)[C@]12CCN(Cc1cccnc1)C2. The molecule has 0 bridgehead atoms. The van der Waals surface area contributed by atoms with Crippen molar-refractivity contribution >= 4 is 5.91 Å². The molecule has 130 valence electrons. The second kappa shape index (κ2) is 6.80. The van der Waals surface area contributed by atoms with Crippen molar-refractivity contribution in [2.45, 2.75) is 13.0 Å². The van der Waals surface area contributed by atoms with Gasteiger partial charge in [0.05, 0.1) is 18.2 Å². The molecule has 25 heavy (non-hydrogen) atoms. The molecule has 4 rings (SSSR count). The summed E-state index contributed by atoms with van der Waals surface area (Å²) in [7, 11) is 0. The van der Waals surface area contributed by atoms with Gasteiger partial charge in [-0.3, -0.25) is 19.7 Å². The van der Waals surface area contributed by atoms with Gasteiger partial charge in [-0.05, 0) is 36.7 Å². The highest BCUT2D eigenvalue weighted by Gasteiger charge is 2.54. The third-order valence-corrected chi connectivity index (χ3v) is 5.34. The summed E-state index contributed by atoms with van der Waals surface area (Å²) >= 11 is 0. The molecular formula is C19H22N4O2. The van der Waals surface area contributed by atoms with Crippen molar-refractivity contribution in [3.05, 3.63) is 54.6 Å². The minimum Gasteiger partial charge on any atom is -0.492 e. The standard InChI is InChI=1S/C19H22N4O2/c24-18-19(5-8-23(14-19)12-15-3-1-6-20-9-15)16(10-22-18)13-25-17-4-2-7-21-11-17/h1-4,6-7,9,11,16H,5,8,10,12-14H2,(H,22,24)/t16-,19+/m0/s1. The molecule has 0 saturated carbocycles. The first-order valence-electron chi connectivity index (χ1n) is 8.69. The summed E-state index contributed by atoms with van der Waals surface area (Å²) in [5, 5.41) is 3.05. The van der Waals surface area contributed by atoms with Crippen LogP contribution in [-0.4, -0.2) is 47.0 Å². The monoisotopic (exact) mass is 338 g/mol. The summed E-state index contributed by atoms with van der Waals surface area (Å²) in [5.74, 6) is 1.10. The van der Waals surface area contributed by atoms with Crippen LogP contribution in [0.2, 0.25) is 0 Å². The van der Waals surface area contributed by atoms with Gasteiger partial charge in [-0.2, -0.15) is 0 Å². The molecule has 6 nitrogen and oxygen atoms in total.